The lowest BCUT2D eigenvalue weighted by atomic mass is 9.91. The largest absolute Gasteiger partial charge is 0.379 e. The number of morpholine rings is 1. The standard InChI is InChI=1S/C17H25N3O5S/c1-13-9-14(2)12-18(11-13)16-4-3-15(10-17(16)20(21)22)26(23,24)19-5-7-25-8-6-19/h3-4,10,13-14H,5-9,11-12H2,1-2H3/t13-,14-/m0/s1. The second kappa shape index (κ2) is 7.50. The monoisotopic (exact) mass is 383 g/mol. The molecule has 26 heavy (non-hydrogen) atoms. The molecule has 2 heterocycles. The second-order valence-corrected chi connectivity index (χ2v) is 9.21. The Balaban J connectivity index is 1.95. The third-order valence-corrected chi connectivity index (χ3v) is 6.86. The molecule has 0 bridgehead atoms. The van der Waals surface area contributed by atoms with E-state index in [4.69, 9.17) is 4.74 Å². The highest BCUT2D eigenvalue weighted by molar-refractivity contribution is 7.89. The van der Waals surface area contributed by atoms with E-state index in [2.05, 4.69) is 13.8 Å². The van der Waals surface area contributed by atoms with E-state index in [1.54, 1.807) is 6.07 Å². The van der Waals surface area contributed by atoms with Crippen molar-refractivity contribution in [1.82, 2.24) is 4.31 Å². The average molecular weight is 383 g/mol. The highest BCUT2D eigenvalue weighted by Gasteiger charge is 2.31. The summed E-state index contributed by atoms with van der Waals surface area (Å²) < 4.78 is 32.1. The van der Waals surface area contributed by atoms with Crippen LogP contribution in [0.4, 0.5) is 11.4 Å². The van der Waals surface area contributed by atoms with Crippen LogP contribution in [0.2, 0.25) is 0 Å². The summed E-state index contributed by atoms with van der Waals surface area (Å²) in [5, 5.41) is 11.6. The molecule has 0 saturated carbocycles. The van der Waals surface area contributed by atoms with Crippen molar-refractivity contribution in [2.45, 2.75) is 25.2 Å². The van der Waals surface area contributed by atoms with Gasteiger partial charge in [-0.3, -0.25) is 10.1 Å². The molecule has 144 valence electrons. The molecule has 2 saturated heterocycles. The van der Waals surface area contributed by atoms with Crippen LogP contribution < -0.4 is 4.90 Å². The average Bonchev–Trinajstić information content (AvgIpc) is 2.61. The molecule has 0 radical (unpaired) electrons. The van der Waals surface area contributed by atoms with Gasteiger partial charge < -0.3 is 9.64 Å². The van der Waals surface area contributed by atoms with Gasteiger partial charge >= 0.3 is 0 Å². The van der Waals surface area contributed by atoms with Crippen molar-refractivity contribution in [2.75, 3.05) is 44.3 Å². The first-order valence-electron chi connectivity index (χ1n) is 8.90. The van der Waals surface area contributed by atoms with Crippen molar-refractivity contribution < 1.29 is 18.1 Å². The van der Waals surface area contributed by atoms with Crippen LogP contribution in [0.15, 0.2) is 23.1 Å². The molecule has 0 spiro atoms. The van der Waals surface area contributed by atoms with Gasteiger partial charge in [-0.2, -0.15) is 4.31 Å². The van der Waals surface area contributed by atoms with E-state index in [9.17, 15) is 18.5 Å². The van der Waals surface area contributed by atoms with Gasteiger partial charge in [0.2, 0.25) is 10.0 Å². The van der Waals surface area contributed by atoms with Crippen molar-refractivity contribution in [2.24, 2.45) is 11.8 Å². The van der Waals surface area contributed by atoms with E-state index in [1.165, 1.54) is 16.4 Å². The van der Waals surface area contributed by atoms with Crippen LogP contribution in [0.3, 0.4) is 0 Å². The van der Waals surface area contributed by atoms with Crippen molar-refractivity contribution in [1.29, 1.82) is 0 Å². The summed E-state index contributed by atoms with van der Waals surface area (Å²) >= 11 is 0. The predicted octanol–water partition coefficient (Wildman–Crippen LogP) is 2.10. The van der Waals surface area contributed by atoms with Gasteiger partial charge in [-0.25, -0.2) is 8.42 Å². The van der Waals surface area contributed by atoms with Crippen LogP contribution in [-0.4, -0.2) is 57.0 Å². The Bertz CT molecular complexity index is 767. The van der Waals surface area contributed by atoms with Crippen LogP contribution in [0, 0.1) is 22.0 Å². The predicted molar refractivity (Wildman–Crippen MR) is 97.8 cm³/mol. The number of nitrogens with zero attached hydrogens (tertiary/aromatic N) is 3. The topological polar surface area (TPSA) is 93.0 Å². The minimum Gasteiger partial charge on any atom is -0.379 e. The smallest absolute Gasteiger partial charge is 0.293 e. The Morgan fingerprint density at radius 2 is 1.77 bits per heavy atom. The fourth-order valence-electron chi connectivity index (χ4n) is 3.87. The number of hydrogen-bond acceptors (Lipinski definition) is 6. The Hall–Kier alpha value is -1.71. The molecule has 8 nitrogen and oxygen atoms in total. The number of hydrogen-bond donors (Lipinski definition) is 0. The van der Waals surface area contributed by atoms with Crippen LogP contribution in [0.5, 0.6) is 0 Å². The minimum absolute atomic E-state index is 0.0343. The molecule has 1 aromatic carbocycles. The molecular formula is C17H25N3O5S. The Morgan fingerprint density at radius 3 is 2.35 bits per heavy atom. The number of piperidine rings is 1. The van der Waals surface area contributed by atoms with Gasteiger partial charge in [-0.05, 0) is 30.4 Å². The number of ether oxygens (including phenoxy) is 1. The van der Waals surface area contributed by atoms with E-state index in [0.29, 0.717) is 30.7 Å². The van der Waals surface area contributed by atoms with Gasteiger partial charge in [0.1, 0.15) is 5.69 Å². The van der Waals surface area contributed by atoms with Crippen LogP contribution in [-0.2, 0) is 14.8 Å². The molecule has 0 unspecified atom stereocenters. The number of anilines is 1. The normalized spacial score (nSPS) is 25.2. The first-order valence-corrected chi connectivity index (χ1v) is 10.3. The van der Waals surface area contributed by atoms with Crippen LogP contribution in [0.1, 0.15) is 20.3 Å². The fraction of sp³-hybridized carbons (Fsp3) is 0.647. The zero-order valence-corrected chi connectivity index (χ0v) is 15.9. The number of rotatable bonds is 4. The third kappa shape index (κ3) is 3.84. The molecule has 1 aromatic rings. The highest BCUT2D eigenvalue weighted by atomic mass is 32.2. The summed E-state index contributed by atoms with van der Waals surface area (Å²) in [4.78, 5) is 13.1. The SMILES string of the molecule is C[C@H]1C[C@H](C)CN(c2ccc(S(=O)(=O)N3CCOCC3)cc2[N+](=O)[O-])C1. The summed E-state index contributed by atoms with van der Waals surface area (Å²) in [6.07, 6.45) is 1.09. The Labute approximate surface area is 153 Å². The van der Waals surface area contributed by atoms with Crippen molar-refractivity contribution in [3.63, 3.8) is 0 Å². The summed E-state index contributed by atoms with van der Waals surface area (Å²) in [5.41, 5.74) is 0.343. The summed E-state index contributed by atoms with van der Waals surface area (Å²) in [6, 6.07) is 4.26. The summed E-state index contributed by atoms with van der Waals surface area (Å²) in [5.74, 6) is 0.880. The van der Waals surface area contributed by atoms with Gasteiger partial charge in [-0.15, -0.1) is 0 Å². The van der Waals surface area contributed by atoms with Gasteiger partial charge in [0.05, 0.1) is 23.0 Å². The Kier molecular flexibility index (Phi) is 5.50. The van der Waals surface area contributed by atoms with Crippen LogP contribution in [0.25, 0.3) is 0 Å². The quantitative estimate of drug-likeness (QED) is 0.584. The fourth-order valence-corrected chi connectivity index (χ4v) is 5.30. The van der Waals surface area contributed by atoms with Gasteiger partial charge in [0.25, 0.3) is 5.69 Å². The highest BCUT2D eigenvalue weighted by Crippen LogP contribution is 2.35. The maximum absolute atomic E-state index is 12.8. The van der Waals surface area contributed by atoms with E-state index in [1.807, 2.05) is 4.90 Å². The molecule has 2 aliphatic rings. The lowest BCUT2D eigenvalue weighted by molar-refractivity contribution is -0.384. The van der Waals surface area contributed by atoms with Crippen molar-refractivity contribution in [3.8, 4) is 0 Å². The van der Waals surface area contributed by atoms with Gasteiger partial charge in [0, 0.05) is 32.2 Å². The molecule has 0 aliphatic carbocycles. The molecular weight excluding hydrogens is 358 g/mol. The number of sulfonamides is 1. The molecule has 2 fully saturated rings. The summed E-state index contributed by atoms with van der Waals surface area (Å²) in [7, 11) is -3.76. The second-order valence-electron chi connectivity index (χ2n) is 7.28. The minimum atomic E-state index is -3.76. The first kappa shape index (κ1) is 19.1. The van der Waals surface area contributed by atoms with E-state index >= 15 is 0 Å². The zero-order valence-electron chi connectivity index (χ0n) is 15.1. The number of nitro benzene ring substituents is 1. The van der Waals surface area contributed by atoms with Crippen LogP contribution >= 0.6 is 0 Å². The lowest BCUT2D eigenvalue weighted by Gasteiger charge is -2.36. The molecule has 9 heteroatoms. The molecule has 2 aliphatic heterocycles. The maximum atomic E-state index is 12.8. The number of nitro groups is 1. The third-order valence-electron chi connectivity index (χ3n) is 4.96. The molecule has 0 aromatic heterocycles. The van der Waals surface area contributed by atoms with Crippen molar-refractivity contribution >= 4 is 21.4 Å². The molecule has 0 amide bonds. The van der Waals surface area contributed by atoms with Gasteiger partial charge in [0.15, 0.2) is 0 Å². The van der Waals surface area contributed by atoms with E-state index < -0.39 is 14.9 Å². The number of benzene rings is 1. The zero-order chi connectivity index (χ0) is 18.9. The first-order chi connectivity index (χ1) is 12.3. The van der Waals surface area contributed by atoms with Crippen molar-refractivity contribution in [3.05, 3.63) is 28.3 Å². The summed E-state index contributed by atoms with van der Waals surface area (Å²) in [6.45, 7) is 6.93. The van der Waals surface area contributed by atoms with Gasteiger partial charge in [-0.1, -0.05) is 13.8 Å². The maximum Gasteiger partial charge on any atom is 0.293 e. The molecule has 2 atom stereocenters. The van der Waals surface area contributed by atoms with E-state index in [-0.39, 0.29) is 23.7 Å². The lowest BCUT2D eigenvalue weighted by Crippen LogP contribution is -2.41. The molecule has 3 rings (SSSR count). The molecule has 0 N–H and O–H groups in total. The Morgan fingerprint density at radius 1 is 1.15 bits per heavy atom. The van der Waals surface area contributed by atoms with E-state index in [0.717, 1.165) is 19.5 Å².